The van der Waals surface area contributed by atoms with Gasteiger partial charge in [-0.2, -0.15) is 0 Å². The summed E-state index contributed by atoms with van der Waals surface area (Å²) in [5, 5.41) is 13.5. The number of rotatable bonds is 8. The molecule has 3 heterocycles. The molecule has 2 aliphatic rings. The molecule has 9 nitrogen and oxygen atoms in total. The van der Waals surface area contributed by atoms with Gasteiger partial charge in [-0.3, -0.25) is 19.3 Å². The lowest BCUT2D eigenvalue weighted by Gasteiger charge is -2.56. The average Bonchev–Trinajstić information content (AvgIpc) is 3.16. The average molecular weight is 455 g/mol. The molecule has 1 aromatic rings. The number of β-lactam (4-membered cyclic amide) rings is 1. The lowest BCUT2D eigenvalue weighted by atomic mass is 9.97. The molecule has 0 aliphatic carbocycles. The fraction of sp³-hybridized carbons (Fsp3) is 0.474. The molecular weight excluding hydrogens is 432 g/mol. The van der Waals surface area contributed by atoms with E-state index in [2.05, 4.69) is 5.32 Å². The summed E-state index contributed by atoms with van der Waals surface area (Å²) in [6.07, 6.45) is -0.302. The van der Waals surface area contributed by atoms with Crippen LogP contribution in [0.4, 0.5) is 0 Å². The molecule has 0 bridgehead atoms. The van der Waals surface area contributed by atoms with Gasteiger partial charge in [0.25, 0.3) is 11.6 Å². The van der Waals surface area contributed by atoms with Crippen molar-refractivity contribution in [3.05, 3.63) is 33.7 Å². The number of esters is 1. The van der Waals surface area contributed by atoms with Crippen LogP contribution in [0.15, 0.2) is 28.8 Å². The highest BCUT2D eigenvalue weighted by Crippen LogP contribution is 2.47. The number of nitrogens with one attached hydrogen (secondary N) is 1. The van der Waals surface area contributed by atoms with Gasteiger partial charge in [-0.1, -0.05) is 6.07 Å². The van der Waals surface area contributed by atoms with Gasteiger partial charge < -0.3 is 19.9 Å². The smallest absolute Gasteiger partial charge is 0.352 e. The number of carbonyl (C=O) groups excluding carboxylic acids is 3. The van der Waals surface area contributed by atoms with Gasteiger partial charge in [-0.25, -0.2) is 4.79 Å². The van der Waals surface area contributed by atoms with E-state index in [0.717, 1.165) is 9.78 Å². The molecule has 2 N–H and O–H groups in total. The van der Waals surface area contributed by atoms with Crippen molar-refractivity contribution in [3.8, 4) is 0 Å². The number of carbonyl (C=O) groups is 4. The highest BCUT2D eigenvalue weighted by molar-refractivity contribution is 8.00. The predicted octanol–water partition coefficient (Wildman–Crippen LogP) is 1.35. The third-order valence-corrected chi connectivity index (χ3v) is 6.67. The van der Waals surface area contributed by atoms with Gasteiger partial charge in [0.2, 0.25) is 5.91 Å². The molecule has 30 heavy (non-hydrogen) atoms. The topological polar surface area (TPSA) is 122 Å². The van der Waals surface area contributed by atoms with E-state index in [9.17, 15) is 24.3 Å². The summed E-state index contributed by atoms with van der Waals surface area (Å²) in [4.78, 5) is 50.7. The molecule has 2 atom stereocenters. The molecule has 3 rings (SSSR count). The maximum absolute atomic E-state index is 13.2. The Balaban J connectivity index is 1.87. The second kappa shape index (κ2) is 8.78. The molecule has 1 fully saturated rings. The maximum atomic E-state index is 13.2. The zero-order valence-electron chi connectivity index (χ0n) is 16.7. The van der Waals surface area contributed by atoms with E-state index in [1.165, 1.54) is 30.0 Å². The fourth-order valence-corrected chi connectivity index (χ4v) is 5.42. The van der Waals surface area contributed by atoms with Gasteiger partial charge in [0.05, 0.1) is 12.5 Å². The summed E-state index contributed by atoms with van der Waals surface area (Å²) >= 11 is 2.68. The highest BCUT2D eigenvalue weighted by atomic mass is 32.2. The predicted molar refractivity (Wildman–Crippen MR) is 110 cm³/mol. The van der Waals surface area contributed by atoms with Crippen LogP contribution in [0.25, 0.3) is 0 Å². The zero-order valence-corrected chi connectivity index (χ0v) is 18.3. The monoisotopic (exact) mass is 454 g/mol. The number of ether oxygens (including phenoxy) is 2. The number of hydrogen-bond donors (Lipinski definition) is 2. The highest BCUT2D eigenvalue weighted by Gasteiger charge is 2.67. The quantitative estimate of drug-likeness (QED) is 0.343. The summed E-state index contributed by atoms with van der Waals surface area (Å²) in [7, 11) is 0. The normalized spacial score (nSPS) is 23.1. The number of thiophene rings is 1. The zero-order chi connectivity index (χ0) is 22.1. The van der Waals surface area contributed by atoms with Gasteiger partial charge in [0.15, 0.2) is 0 Å². The first-order valence-corrected chi connectivity index (χ1v) is 11.1. The van der Waals surface area contributed by atoms with Gasteiger partial charge in [-0.15, -0.1) is 23.1 Å². The van der Waals surface area contributed by atoms with E-state index in [4.69, 9.17) is 9.47 Å². The lowest BCUT2D eigenvalue weighted by Crippen LogP contribution is -2.81. The van der Waals surface area contributed by atoms with Crippen LogP contribution in [-0.4, -0.2) is 63.3 Å². The molecular formula is C19H22N2O7S2. The van der Waals surface area contributed by atoms with Crippen LogP contribution < -0.4 is 5.32 Å². The van der Waals surface area contributed by atoms with E-state index in [-0.39, 0.29) is 24.5 Å². The molecule has 1 aromatic heterocycles. The Kier molecular flexibility index (Phi) is 6.53. The first-order valence-electron chi connectivity index (χ1n) is 9.21. The summed E-state index contributed by atoms with van der Waals surface area (Å²) < 4.78 is 10.8. The Morgan fingerprint density at radius 1 is 1.40 bits per heavy atom. The van der Waals surface area contributed by atoms with E-state index in [1.54, 1.807) is 13.8 Å². The molecule has 0 aromatic carbocycles. The third-order valence-electron chi connectivity index (χ3n) is 4.42. The number of hydrogen-bond acceptors (Lipinski definition) is 8. The Morgan fingerprint density at radius 2 is 2.13 bits per heavy atom. The number of carboxylic acids is 1. The van der Waals surface area contributed by atoms with Crippen molar-refractivity contribution in [2.75, 3.05) is 12.4 Å². The van der Waals surface area contributed by atoms with Crippen LogP contribution in [-0.2, 0) is 35.1 Å². The van der Waals surface area contributed by atoms with Crippen LogP contribution in [0.3, 0.4) is 0 Å². The van der Waals surface area contributed by atoms with Crippen molar-refractivity contribution >= 4 is 46.9 Å². The molecule has 0 saturated carbocycles. The van der Waals surface area contributed by atoms with Crippen LogP contribution in [0.1, 0.15) is 25.6 Å². The molecule has 0 spiro atoms. The molecule has 162 valence electrons. The van der Waals surface area contributed by atoms with E-state index in [1.807, 2.05) is 17.5 Å². The van der Waals surface area contributed by atoms with E-state index >= 15 is 0 Å². The van der Waals surface area contributed by atoms with Gasteiger partial charge >= 0.3 is 11.9 Å². The molecule has 2 aliphatic heterocycles. The second-order valence-corrected chi connectivity index (χ2v) is 9.18. The van der Waals surface area contributed by atoms with Crippen LogP contribution in [0.5, 0.6) is 0 Å². The standard InChI is InChI=1S/C19H22N2O7S2/c1-10(2)28-19(20-14(23)7-13-5-4-6-29-13)17(26)21-15(16(24)25)12(8-27-11(3)22)9-30-18(19)21/h4-6,10,18H,7-9H2,1-3H3,(H,20,23)(H,24,25)/t18-,19+/m1/s1. The summed E-state index contributed by atoms with van der Waals surface area (Å²) in [5.74, 6) is -2.69. The van der Waals surface area contributed by atoms with Gasteiger partial charge in [-0.05, 0) is 25.3 Å². The number of nitrogens with zero attached hydrogens (tertiary/aromatic N) is 1. The maximum Gasteiger partial charge on any atom is 0.352 e. The molecule has 0 unspecified atom stereocenters. The second-order valence-electron chi connectivity index (χ2n) is 7.08. The largest absolute Gasteiger partial charge is 0.477 e. The lowest BCUT2D eigenvalue weighted by molar-refractivity contribution is -0.206. The van der Waals surface area contributed by atoms with Crippen LogP contribution in [0, 0.1) is 0 Å². The molecule has 2 amide bonds. The molecule has 1 saturated heterocycles. The minimum absolute atomic E-state index is 0.0882. The van der Waals surface area contributed by atoms with Crippen molar-refractivity contribution in [2.24, 2.45) is 0 Å². The van der Waals surface area contributed by atoms with Crippen molar-refractivity contribution in [1.82, 2.24) is 10.2 Å². The Labute approximate surface area is 181 Å². The number of thioether (sulfide) groups is 1. The number of aliphatic carboxylic acids is 1. The molecule has 11 heteroatoms. The number of carboxylic acid groups (broad SMARTS) is 1. The molecule has 0 radical (unpaired) electrons. The Morgan fingerprint density at radius 3 is 2.70 bits per heavy atom. The van der Waals surface area contributed by atoms with Gasteiger partial charge in [0, 0.05) is 23.1 Å². The minimum atomic E-state index is -1.65. The minimum Gasteiger partial charge on any atom is -0.477 e. The van der Waals surface area contributed by atoms with Gasteiger partial charge in [0.1, 0.15) is 17.7 Å². The van der Waals surface area contributed by atoms with Crippen LogP contribution >= 0.6 is 23.1 Å². The van der Waals surface area contributed by atoms with Crippen LogP contribution in [0.2, 0.25) is 0 Å². The SMILES string of the molecule is CC(=O)OCC1=C(C(=O)O)N2C(=O)[C@](NC(=O)Cc3cccs3)(OC(C)C)[C@H]2SC1. The fourth-order valence-electron chi connectivity index (χ4n) is 3.34. The number of amides is 2. The van der Waals surface area contributed by atoms with Crippen molar-refractivity contribution in [1.29, 1.82) is 0 Å². The first-order chi connectivity index (χ1) is 14.2. The Hall–Kier alpha value is -2.37. The van der Waals surface area contributed by atoms with Crippen molar-refractivity contribution in [2.45, 2.75) is 44.4 Å². The summed E-state index contributed by atoms with van der Waals surface area (Å²) in [6, 6.07) is 3.65. The first kappa shape index (κ1) is 22.3. The van der Waals surface area contributed by atoms with E-state index < -0.39 is 41.0 Å². The summed E-state index contributed by atoms with van der Waals surface area (Å²) in [6.45, 7) is 4.47. The summed E-state index contributed by atoms with van der Waals surface area (Å²) in [5.41, 5.74) is -1.57. The Bertz CT molecular complexity index is 897. The van der Waals surface area contributed by atoms with Crippen molar-refractivity contribution < 1.29 is 33.8 Å². The van der Waals surface area contributed by atoms with Crippen molar-refractivity contribution in [3.63, 3.8) is 0 Å². The number of fused-ring (bicyclic) bond motifs is 1. The third kappa shape index (κ3) is 4.23. The van der Waals surface area contributed by atoms with E-state index in [0.29, 0.717) is 5.57 Å².